The maximum Gasteiger partial charge on any atom is 0.272 e. The van der Waals surface area contributed by atoms with Gasteiger partial charge in [-0.2, -0.15) is 0 Å². The smallest absolute Gasteiger partial charge is 0.272 e. The van der Waals surface area contributed by atoms with Crippen molar-refractivity contribution in [2.24, 2.45) is 0 Å². The van der Waals surface area contributed by atoms with Crippen molar-refractivity contribution in [2.75, 3.05) is 20.1 Å². The van der Waals surface area contributed by atoms with Crippen LogP contribution in [0.4, 0.5) is 0 Å². The number of Topliss-reactive ketones (excluding diaryl/α,β-unsaturated/α-hetero) is 1. The van der Waals surface area contributed by atoms with E-state index >= 15 is 0 Å². The van der Waals surface area contributed by atoms with Crippen LogP contribution in [0.25, 0.3) is 17.0 Å². The number of imidazole rings is 1. The lowest BCUT2D eigenvalue weighted by atomic mass is 10.0. The summed E-state index contributed by atoms with van der Waals surface area (Å²) < 4.78 is 1.81. The molecule has 8 nitrogen and oxygen atoms in total. The van der Waals surface area contributed by atoms with Crippen LogP contribution in [0, 0.1) is 5.41 Å². The predicted octanol–water partition coefficient (Wildman–Crippen LogP) is 0.837. The van der Waals surface area contributed by atoms with E-state index in [1.807, 2.05) is 47.1 Å². The number of hydrogen-bond acceptors (Lipinski definition) is 5. The maximum atomic E-state index is 12.9. The molecule has 0 atom stereocenters. The van der Waals surface area contributed by atoms with Gasteiger partial charge in [0.2, 0.25) is 5.78 Å². The highest BCUT2D eigenvalue weighted by atomic mass is 16.2. The predicted molar refractivity (Wildman–Crippen MR) is 112 cm³/mol. The molecule has 152 valence electrons. The zero-order valence-corrected chi connectivity index (χ0v) is 16.7. The Labute approximate surface area is 173 Å². The number of nitrogens with two attached hydrogens (primary N) is 1. The number of ketones is 1. The molecule has 0 radical (unpaired) electrons. The van der Waals surface area contributed by atoms with Crippen molar-refractivity contribution in [1.29, 1.82) is 5.41 Å². The molecule has 0 bridgehead atoms. The second-order valence-corrected chi connectivity index (χ2v) is 7.15. The number of aromatic nitrogens is 3. The topological polar surface area (TPSA) is 108 Å². The first-order valence-electron chi connectivity index (χ1n) is 9.88. The van der Waals surface area contributed by atoms with Gasteiger partial charge in [-0.15, -0.1) is 0 Å². The summed E-state index contributed by atoms with van der Waals surface area (Å²) in [6, 6.07) is 11.6. The van der Waals surface area contributed by atoms with Crippen LogP contribution < -0.4 is 5.32 Å². The Kier molecular flexibility index (Phi) is 5.49. The second-order valence-electron chi connectivity index (χ2n) is 7.15. The summed E-state index contributed by atoms with van der Waals surface area (Å²) in [5.74, 6) is -0.205. The van der Waals surface area contributed by atoms with E-state index in [0.29, 0.717) is 24.6 Å². The number of nitrogens with zero attached hydrogens (tertiary/aromatic N) is 4. The van der Waals surface area contributed by atoms with Gasteiger partial charge in [-0.3, -0.25) is 19.4 Å². The van der Waals surface area contributed by atoms with Gasteiger partial charge < -0.3 is 10.2 Å². The van der Waals surface area contributed by atoms with Gasteiger partial charge >= 0.3 is 0 Å². The first-order chi connectivity index (χ1) is 14.6. The number of carbonyl (C=O) groups is 2. The molecule has 0 saturated carbocycles. The quantitative estimate of drug-likeness (QED) is 0.450. The largest absolute Gasteiger partial charge is 0.337 e. The molecule has 1 aliphatic rings. The molecule has 3 aromatic rings. The van der Waals surface area contributed by atoms with Crippen LogP contribution in [-0.4, -0.2) is 56.8 Å². The minimum Gasteiger partial charge on any atom is -0.337 e. The van der Waals surface area contributed by atoms with Crippen LogP contribution in [0.15, 0.2) is 60.6 Å². The standard InChI is InChI=1S/C22H22N6O2/c1-24-13-17(20(23)21(30)27-9-5-10-27)19(29)12-16-8-11-28-14-18(26-22(28)25-16)15-6-3-2-4-7-15/h2-4,6-8,11,13-14,23-24H,5,9-10,12H2,1H3/p+1. The van der Waals surface area contributed by atoms with Crippen LogP contribution in [0.1, 0.15) is 12.1 Å². The summed E-state index contributed by atoms with van der Waals surface area (Å²) in [5.41, 5.74) is 2.19. The van der Waals surface area contributed by atoms with Gasteiger partial charge in [-0.1, -0.05) is 30.3 Å². The van der Waals surface area contributed by atoms with Gasteiger partial charge in [-0.25, -0.2) is 9.97 Å². The van der Waals surface area contributed by atoms with Crippen LogP contribution in [0.2, 0.25) is 0 Å². The van der Waals surface area contributed by atoms with E-state index in [1.54, 1.807) is 23.3 Å². The summed E-state index contributed by atoms with van der Waals surface area (Å²) >= 11 is 0. The van der Waals surface area contributed by atoms with Gasteiger partial charge in [0.25, 0.3) is 5.91 Å². The fraction of sp³-hybridized carbons (Fsp3) is 0.227. The van der Waals surface area contributed by atoms with Crippen molar-refractivity contribution in [3.8, 4) is 11.3 Å². The molecule has 4 rings (SSSR count). The molecule has 1 aliphatic heterocycles. The highest BCUT2D eigenvalue weighted by Gasteiger charge is 2.29. The van der Waals surface area contributed by atoms with E-state index in [9.17, 15) is 9.59 Å². The van der Waals surface area contributed by atoms with Crippen molar-refractivity contribution in [3.05, 3.63) is 66.3 Å². The highest BCUT2D eigenvalue weighted by Crippen LogP contribution is 2.18. The van der Waals surface area contributed by atoms with Gasteiger partial charge in [0.1, 0.15) is 17.5 Å². The number of fused-ring (bicyclic) bond motifs is 1. The number of amides is 1. The van der Waals surface area contributed by atoms with E-state index < -0.39 is 5.91 Å². The number of hydrogen-bond donors (Lipinski definition) is 2. The fourth-order valence-electron chi connectivity index (χ4n) is 3.29. The van der Waals surface area contributed by atoms with E-state index in [-0.39, 0.29) is 23.5 Å². The number of nitrogens with one attached hydrogen (secondary N) is 1. The summed E-state index contributed by atoms with van der Waals surface area (Å²) in [7, 11) is 1.76. The molecule has 2 aromatic heterocycles. The molecular formula is C22H23N6O2+. The Morgan fingerprint density at radius 3 is 2.60 bits per heavy atom. The molecule has 1 amide bonds. The number of benzene rings is 1. The Morgan fingerprint density at radius 2 is 1.93 bits per heavy atom. The number of quaternary nitrogens is 1. The first kappa shape index (κ1) is 19.7. The second kappa shape index (κ2) is 8.38. The van der Waals surface area contributed by atoms with Gasteiger partial charge in [0, 0.05) is 31.0 Å². The van der Waals surface area contributed by atoms with Crippen molar-refractivity contribution >= 4 is 23.2 Å². The lowest BCUT2D eigenvalue weighted by molar-refractivity contribution is -0.556. The zero-order valence-electron chi connectivity index (χ0n) is 16.7. The molecule has 1 aromatic carbocycles. The Hall–Kier alpha value is -3.65. The molecular weight excluding hydrogens is 380 g/mol. The average molecular weight is 403 g/mol. The molecule has 30 heavy (non-hydrogen) atoms. The normalized spacial score (nSPS) is 13.9. The lowest BCUT2D eigenvalue weighted by Gasteiger charge is -2.30. The molecule has 3 N–H and O–H groups in total. The average Bonchev–Trinajstić information content (AvgIpc) is 3.14. The third-order valence-electron chi connectivity index (χ3n) is 5.06. The summed E-state index contributed by atoms with van der Waals surface area (Å²) in [4.78, 5) is 35.9. The number of carbonyl (C=O) groups excluding carboxylic acids is 2. The maximum absolute atomic E-state index is 12.9. The van der Waals surface area contributed by atoms with E-state index in [1.165, 1.54) is 6.20 Å². The highest BCUT2D eigenvalue weighted by molar-refractivity contribution is 6.50. The minimum absolute atomic E-state index is 0.000631. The molecule has 1 fully saturated rings. The Balaban J connectivity index is 1.54. The van der Waals surface area contributed by atoms with Crippen molar-refractivity contribution in [1.82, 2.24) is 19.3 Å². The molecule has 1 saturated heterocycles. The number of rotatable bonds is 7. The summed E-state index contributed by atoms with van der Waals surface area (Å²) in [6.07, 6.45) is 6.17. The third-order valence-corrected chi connectivity index (χ3v) is 5.06. The van der Waals surface area contributed by atoms with Crippen molar-refractivity contribution < 1.29 is 14.9 Å². The van der Waals surface area contributed by atoms with E-state index in [0.717, 1.165) is 17.7 Å². The van der Waals surface area contributed by atoms with Gasteiger partial charge in [0.05, 0.1) is 24.9 Å². The van der Waals surface area contributed by atoms with Crippen molar-refractivity contribution in [3.63, 3.8) is 0 Å². The minimum atomic E-state index is -0.396. The molecule has 8 heteroatoms. The van der Waals surface area contributed by atoms with Crippen LogP contribution in [0.3, 0.4) is 0 Å². The lowest BCUT2D eigenvalue weighted by Crippen LogP contribution is -2.73. The monoisotopic (exact) mass is 403 g/mol. The molecule has 0 spiro atoms. The van der Waals surface area contributed by atoms with Crippen LogP contribution >= 0.6 is 0 Å². The Bertz CT molecular complexity index is 1140. The summed E-state index contributed by atoms with van der Waals surface area (Å²) in [6.45, 7) is 1.28. The van der Waals surface area contributed by atoms with Crippen molar-refractivity contribution in [2.45, 2.75) is 12.8 Å². The third kappa shape index (κ3) is 3.90. The van der Waals surface area contributed by atoms with Gasteiger partial charge in [-0.05, 0) is 12.5 Å². The molecule has 0 aliphatic carbocycles. The molecule has 3 heterocycles. The molecule has 0 unspecified atom stereocenters. The van der Waals surface area contributed by atoms with E-state index in [2.05, 4.69) is 9.97 Å². The zero-order chi connectivity index (χ0) is 21.1. The van der Waals surface area contributed by atoms with E-state index in [4.69, 9.17) is 5.41 Å². The van der Waals surface area contributed by atoms with Gasteiger partial charge in [0.15, 0.2) is 5.78 Å². The van der Waals surface area contributed by atoms with Crippen LogP contribution in [-0.2, 0) is 16.0 Å². The fourth-order valence-corrected chi connectivity index (χ4v) is 3.29. The number of likely N-dealkylation sites (tertiary alicyclic amines) is 1. The van der Waals surface area contributed by atoms with Crippen LogP contribution in [0.5, 0.6) is 0 Å². The first-order valence-corrected chi connectivity index (χ1v) is 9.88. The summed E-state index contributed by atoms with van der Waals surface area (Å²) in [5, 5.41) is 9.88. The Morgan fingerprint density at radius 1 is 1.17 bits per heavy atom. The SMILES string of the molecule is C[NH2+]C=C(C(=N)C(=O)N1CCC1)C(=O)Cc1ccn2cc(-c3ccccc3)nc2n1.